The van der Waals surface area contributed by atoms with Gasteiger partial charge in [0.2, 0.25) is 0 Å². The summed E-state index contributed by atoms with van der Waals surface area (Å²) in [6, 6.07) is 24.5. The first-order chi connectivity index (χ1) is 14.7. The van der Waals surface area contributed by atoms with E-state index in [1.807, 2.05) is 0 Å². The summed E-state index contributed by atoms with van der Waals surface area (Å²) >= 11 is -1.96. The third-order valence-electron chi connectivity index (χ3n) is 6.11. The molecule has 0 atom stereocenters. The van der Waals surface area contributed by atoms with Crippen LogP contribution in [-0.2, 0) is 0 Å². The number of rotatable bonds is 5. The molecule has 1 aromatic heterocycles. The second-order valence-corrected chi connectivity index (χ2v) is 20.8. The summed E-state index contributed by atoms with van der Waals surface area (Å²) in [4.78, 5) is 5.17. The first-order valence-electron chi connectivity index (χ1n) is 11.4. The summed E-state index contributed by atoms with van der Waals surface area (Å²) in [5.74, 6) is 9.26. The van der Waals surface area contributed by atoms with Gasteiger partial charge in [-0.05, 0) is 0 Å². The molecular formula is C28H34GeN2. The van der Waals surface area contributed by atoms with E-state index in [-0.39, 0.29) is 0 Å². The molecule has 0 N–H and O–H groups in total. The molecule has 0 aliphatic heterocycles. The van der Waals surface area contributed by atoms with Gasteiger partial charge in [0.1, 0.15) is 0 Å². The van der Waals surface area contributed by atoms with E-state index in [1.165, 1.54) is 32.3 Å². The van der Waals surface area contributed by atoms with Crippen LogP contribution in [0.2, 0.25) is 17.3 Å². The van der Waals surface area contributed by atoms with E-state index < -0.39 is 13.3 Å². The Hall–Kier alpha value is -2.33. The summed E-state index contributed by atoms with van der Waals surface area (Å²) in [6.07, 6.45) is 0. The van der Waals surface area contributed by atoms with Gasteiger partial charge in [-0.25, -0.2) is 0 Å². The molecule has 160 valence electrons. The van der Waals surface area contributed by atoms with Crippen LogP contribution in [0.25, 0.3) is 28.1 Å². The van der Waals surface area contributed by atoms with Crippen LogP contribution in [0.15, 0.2) is 66.7 Å². The molecule has 0 saturated carbocycles. The van der Waals surface area contributed by atoms with Crippen molar-refractivity contribution in [1.82, 2.24) is 9.55 Å². The average molecular weight is 471 g/mol. The summed E-state index contributed by atoms with van der Waals surface area (Å²) in [6.45, 7) is 9.15. The number of para-hydroxylation sites is 3. The van der Waals surface area contributed by atoms with Crippen LogP contribution in [0, 0.1) is 0 Å². The Morgan fingerprint density at radius 1 is 0.742 bits per heavy atom. The minimum atomic E-state index is -1.96. The molecule has 0 unspecified atom stereocenters. The van der Waals surface area contributed by atoms with Crippen molar-refractivity contribution in [2.75, 3.05) is 0 Å². The minimum absolute atomic E-state index is 0.429. The topological polar surface area (TPSA) is 17.8 Å². The predicted octanol–water partition coefficient (Wildman–Crippen LogP) is 7.48. The van der Waals surface area contributed by atoms with Crippen molar-refractivity contribution in [1.29, 1.82) is 0 Å². The van der Waals surface area contributed by atoms with Crippen molar-refractivity contribution in [3.05, 3.63) is 77.9 Å². The molecule has 0 radical (unpaired) electrons. The van der Waals surface area contributed by atoms with E-state index in [2.05, 4.69) is 116 Å². The van der Waals surface area contributed by atoms with Crippen LogP contribution in [0.3, 0.4) is 0 Å². The monoisotopic (exact) mass is 472 g/mol. The van der Waals surface area contributed by atoms with Crippen LogP contribution >= 0.6 is 0 Å². The van der Waals surface area contributed by atoms with Gasteiger partial charge in [-0.1, -0.05) is 0 Å². The third-order valence-corrected chi connectivity index (χ3v) is 10.4. The number of hydrogen-bond donors (Lipinski definition) is 0. The van der Waals surface area contributed by atoms with Crippen LogP contribution < -0.4 is 4.40 Å². The van der Waals surface area contributed by atoms with Gasteiger partial charge in [0.25, 0.3) is 0 Å². The number of imidazole rings is 1. The first kappa shape index (κ1) is 21.9. The predicted molar refractivity (Wildman–Crippen MR) is 138 cm³/mol. The number of fused-ring (bicyclic) bond motifs is 1. The van der Waals surface area contributed by atoms with Crippen LogP contribution in [0.4, 0.5) is 0 Å². The molecular weight excluding hydrogens is 437 g/mol. The Balaban J connectivity index is 2.11. The average Bonchev–Trinajstić information content (AvgIpc) is 3.12. The van der Waals surface area contributed by atoms with Crippen molar-refractivity contribution in [2.45, 2.75) is 56.8 Å². The Labute approximate surface area is 189 Å². The van der Waals surface area contributed by atoms with Crippen molar-refractivity contribution >= 4 is 28.7 Å². The molecule has 3 heteroatoms. The summed E-state index contributed by atoms with van der Waals surface area (Å²) in [7, 11) is 0. The summed E-state index contributed by atoms with van der Waals surface area (Å²) in [5, 5.41) is 0. The Morgan fingerprint density at radius 3 is 1.97 bits per heavy atom. The van der Waals surface area contributed by atoms with Crippen molar-refractivity contribution in [3.63, 3.8) is 0 Å². The SMILES string of the molecule is CC(C)c1cccc(C(C)C)c1-n1c(-c2ccc[c]([Ge]([CH3])([CH3])[CH3])c2)nc2ccccc21. The Morgan fingerprint density at radius 2 is 1.35 bits per heavy atom. The molecule has 3 aromatic carbocycles. The quantitative estimate of drug-likeness (QED) is 0.276. The fourth-order valence-corrected chi connectivity index (χ4v) is 6.83. The molecule has 0 fully saturated rings. The van der Waals surface area contributed by atoms with E-state index in [4.69, 9.17) is 4.98 Å². The first-order valence-corrected chi connectivity index (χ1v) is 18.7. The zero-order valence-corrected chi connectivity index (χ0v) is 22.0. The number of nitrogens with zero attached hydrogens (tertiary/aromatic N) is 2. The maximum atomic E-state index is 5.17. The second kappa shape index (κ2) is 8.31. The van der Waals surface area contributed by atoms with Crippen molar-refractivity contribution in [3.8, 4) is 17.1 Å². The summed E-state index contributed by atoms with van der Waals surface area (Å²) < 4.78 is 3.94. The molecule has 1 heterocycles. The van der Waals surface area contributed by atoms with E-state index in [1.54, 1.807) is 0 Å². The maximum absolute atomic E-state index is 5.17. The third kappa shape index (κ3) is 4.10. The second-order valence-electron chi connectivity index (χ2n) is 10.2. The summed E-state index contributed by atoms with van der Waals surface area (Å²) in [5.41, 5.74) is 7.49. The standard InChI is InChI=1S/C28H34GeN2/c1-19(2)23-14-11-15-24(20(3)4)27(23)31-26-17-9-8-16-25(26)30-28(31)21-12-10-13-22(18-21)29(5,6)7/h8-20H,1-7H3. The molecule has 0 saturated heterocycles. The molecule has 0 spiro atoms. The van der Waals surface area contributed by atoms with Gasteiger partial charge in [-0.3, -0.25) is 0 Å². The fourth-order valence-electron chi connectivity index (χ4n) is 4.34. The van der Waals surface area contributed by atoms with E-state index in [0.29, 0.717) is 11.8 Å². The molecule has 0 amide bonds. The number of hydrogen-bond acceptors (Lipinski definition) is 1. The normalized spacial score (nSPS) is 12.3. The van der Waals surface area contributed by atoms with Gasteiger partial charge >= 0.3 is 190 Å². The Bertz CT molecular complexity index is 1200. The van der Waals surface area contributed by atoms with E-state index in [9.17, 15) is 0 Å². The van der Waals surface area contributed by atoms with Gasteiger partial charge in [0, 0.05) is 0 Å². The van der Waals surface area contributed by atoms with Crippen LogP contribution in [0.5, 0.6) is 0 Å². The van der Waals surface area contributed by atoms with Crippen molar-refractivity contribution < 1.29 is 0 Å². The zero-order chi connectivity index (χ0) is 22.3. The van der Waals surface area contributed by atoms with Gasteiger partial charge in [-0.15, -0.1) is 0 Å². The molecule has 4 aromatic rings. The van der Waals surface area contributed by atoms with E-state index in [0.717, 1.165) is 11.3 Å². The van der Waals surface area contributed by atoms with Gasteiger partial charge in [-0.2, -0.15) is 0 Å². The molecule has 2 nitrogen and oxygen atoms in total. The molecule has 0 aliphatic carbocycles. The molecule has 0 aliphatic rings. The van der Waals surface area contributed by atoms with Gasteiger partial charge in [0.15, 0.2) is 0 Å². The van der Waals surface area contributed by atoms with E-state index >= 15 is 0 Å². The zero-order valence-electron chi connectivity index (χ0n) is 19.9. The van der Waals surface area contributed by atoms with Gasteiger partial charge in [0.05, 0.1) is 0 Å². The van der Waals surface area contributed by atoms with Crippen LogP contribution in [-0.4, -0.2) is 22.8 Å². The molecule has 0 bridgehead atoms. The number of aromatic nitrogens is 2. The molecule has 31 heavy (non-hydrogen) atoms. The molecule has 4 rings (SSSR count). The Kier molecular flexibility index (Phi) is 5.87. The number of benzene rings is 3. The van der Waals surface area contributed by atoms with Crippen LogP contribution in [0.1, 0.15) is 50.7 Å². The van der Waals surface area contributed by atoms with Gasteiger partial charge < -0.3 is 0 Å². The fraction of sp³-hybridized carbons (Fsp3) is 0.321. The van der Waals surface area contributed by atoms with Crippen molar-refractivity contribution in [2.24, 2.45) is 0 Å².